The second kappa shape index (κ2) is 8.05. The first kappa shape index (κ1) is 20.9. The van der Waals surface area contributed by atoms with Crippen LogP contribution in [0, 0.1) is 11.6 Å². The average Bonchev–Trinajstić information content (AvgIpc) is 3.09. The van der Waals surface area contributed by atoms with Crippen LogP contribution < -0.4 is 5.32 Å². The number of benzene rings is 2. The quantitative estimate of drug-likeness (QED) is 0.507. The van der Waals surface area contributed by atoms with Gasteiger partial charge in [0, 0.05) is 31.0 Å². The smallest absolute Gasteiger partial charge is 0.349 e. The third-order valence-corrected chi connectivity index (χ3v) is 5.24. The summed E-state index contributed by atoms with van der Waals surface area (Å²) in [4.78, 5) is 14.5. The maximum Gasteiger partial charge on any atom is 0.416 e. The number of nitrogens with zero attached hydrogens (tertiary/aromatic N) is 2. The fourth-order valence-corrected chi connectivity index (χ4v) is 3.78. The fraction of sp³-hybridized carbons (Fsp3) is 0.227. The molecule has 0 spiro atoms. The minimum Gasteiger partial charge on any atom is -0.349 e. The molecule has 2 amide bonds. The number of hydrogen-bond acceptors (Lipinski definition) is 1. The monoisotopic (exact) mass is 435 g/mol. The minimum atomic E-state index is -4.47. The third kappa shape index (κ3) is 4.26. The number of alkyl halides is 3. The summed E-state index contributed by atoms with van der Waals surface area (Å²) in [6, 6.07) is 9.73. The van der Waals surface area contributed by atoms with Gasteiger partial charge in [-0.25, -0.2) is 13.6 Å². The Morgan fingerprint density at radius 1 is 1.00 bits per heavy atom. The number of hydrogen-bond donors (Lipinski definition) is 1. The van der Waals surface area contributed by atoms with Crippen LogP contribution in [0.25, 0.3) is 0 Å². The lowest BCUT2D eigenvalue weighted by Gasteiger charge is -2.31. The van der Waals surface area contributed by atoms with Crippen LogP contribution in [0.15, 0.2) is 60.8 Å². The lowest BCUT2D eigenvalue weighted by molar-refractivity contribution is -0.137. The molecule has 31 heavy (non-hydrogen) atoms. The standard InChI is InChI=1S/C22H18F5N3O/c23-16-8-9-18(17(24)13-16)28-21(31)30-12-2-11-29-10-1-3-19(29)20(30)14-4-6-15(7-5-14)22(25,26)27/h1,3-10,13,20H,2,11-12H2,(H,28,31). The van der Waals surface area contributed by atoms with E-state index >= 15 is 0 Å². The zero-order chi connectivity index (χ0) is 22.2. The van der Waals surface area contributed by atoms with Gasteiger partial charge < -0.3 is 14.8 Å². The summed E-state index contributed by atoms with van der Waals surface area (Å²) < 4.78 is 68.1. The van der Waals surface area contributed by atoms with Crippen molar-refractivity contribution in [2.75, 3.05) is 11.9 Å². The lowest BCUT2D eigenvalue weighted by Crippen LogP contribution is -2.39. The number of carbonyl (C=O) groups is 1. The van der Waals surface area contributed by atoms with Crippen molar-refractivity contribution >= 4 is 11.7 Å². The average molecular weight is 435 g/mol. The van der Waals surface area contributed by atoms with Gasteiger partial charge in [-0.05, 0) is 48.4 Å². The summed E-state index contributed by atoms with van der Waals surface area (Å²) >= 11 is 0. The SMILES string of the molecule is O=C(Nc1ccc(F)cc1F)N1CCCn2cccc2C1c1ccc(C(F)(F)F)cc1. The van der Waals surface area contributed by atoms with E-state index in [-0.39, 0.29) is 5.69 Å². The van der Waals surface area contributed by atoms with Gasteiger partial charge in [0.05, 0.1) is 17.3 Å². The zero-order valence-corrected chi connectivity index (χ0v) is 16.2. The van der Waals surface area contributed by atoms with Crippen LogP contribution in [0.5, 0.6) is 0 Å². The predicted molar refractivity (Wildman–Crippen MR) is 104 cm³/mol. The molecule has 1 N–H and O–H groups in total. The van der Waals surface area contributed by atoms with Crippen molar-refractivity contribution in [3.05, 3.63) is 89.2 Å². The molecular weight excluding hydrogens is 417 g/mol. The van der Waals surface area contributed by atoms with Crippen LogP contribution in [0.3, 0.4) is 0 Å². The summed E-state index contributed by atoms with van der Waals surface area (Å²) in [5.74, 6) is -1.69. The maximum atomic E-state index is 14.0. The highest BCUT2D eigenvalue weighted by atomic mass is 19.4. The van der Waals surface area contributed by atoms with E-state index in [4.69, 9.17) is 0 Å². The molecule has 162 valence electrons. The Hall–Kier alpha value is -3.36. The predicted octanol–water partition coefficient (Wildman–Crippen LogP) is 5.81. The summed E-state index contributed by atoms with van der Waals surface area (Å²) in [6.45, 7) is 0.913. The van der Waals surface area contributed by atoms with E-state index in [1.807, 2.05) is 10.8 Å². The van der Waals surface area contributed by atoms with E-state index in [1.54, 1.807) is 12.1 Å². The largest absolute Gasteiger partial charge is 0.416 e. The highest BCUT2D eigenvalue weighted by Gasteiger charge is 2.33. The molecular formula is C22H18F5N3O. The Morgan fingerprint density at radius 3 is 2.42 bits per heavy atom. The normalized spacial score (nSPS) is 16.5. The van der Waals surface area contributed by atoms with Crippen LogP contribution in [-0.4, -0.2) is 22.0 Å². The fourth-order valence-electron chi connectivity index (χ4n) is 3.78. The molecule has 1 atom stereocenters. The van der Waals surface area contributed by atoms with Gasteiger partial charge in [0.25, 0.3) is 0 Å². The molecule has 1 aromatic heterocycles. The number of rotatable bonds is 2. The molecule has 1 unspecified atom stereocenters. The molecule has 0 radical (unpaired) electrons. The molecule has 2 heterocycles. The van der Waals surface area contributed by atoms with Crippen molar-refractivity contribution in [2.24, 2.45) is 0 Å². The van der Waals surface area contributed by atoms with Crippen molar-refractivity contribution in [3.63, 3.8) is 0 Å². The van der Waals surface area contributed by atoms with Crippen LogP contribution >= 0.6 is 0 Å². The maximum absolute atomic E-state index is 14.0. The molecule has 2 aromatic carbocycles. The first-order valence-corrected chi connectivity index (χ1v) is 9.59. The molecule has 1 aliphatic heterocycles. The van der Waals surface area contributed by atoms with Crippen molar-refractivity contribution in [3.8, 4) is 0 Å². The number of halogens is 5. The van der Waals surface area contributed by atoms with Gasteiger partial charge >= 0.3 is 12.2 Å². The molecule has 0 saturated heterocycles. The number of anilines is 1. The molecule has 3 aromatic rings. The molecule has 1 aliphatic rings. The van der Waals surface area contributed by atoms with E-state index in [1.165, 1.54) is 17.0 Å². The Kier molecular flexibility index (Phi) is 5.43. The molecule has 0 bridgehead atoms. The second-order valence-corrected chi connectivity index (χ2v) is 7.25. The number of carbonyl (C=O) groups excluding carboxylic acids is 1. The van der Waals surface area contributed by atoms with E-state index in [0.29, 0.717) is 31.1 Å². The van der Waals surface area contributed by atoms with Gasteiger partial charge in [-0.2, -0.15) is 13.2 Å². The van der Waals surface area contributed by atoms with E-state index in [2.05, 4.69) is 5.32 Å². The van der Waals surface area contributed by atoms with Crippen molar-refractivity contribution < 1.29 is 26.7 Å². The van der Waals surface area contributed by atoms with Gasteiger partial charge in [-0.3, -0.25) is 0 Å². The van der Waals surface area contributed by atoms with E-state index < -0.39 is 35.4 Å². The number of aryl methyl sites for hydroxylation is 1. The second-order valence-electron chi connectivity index (χ2n) is 7.25. The highest BCUT2D eigenvalue weighted by Crippen LogP contribution is 2.35. The molecule has 4 nitrogen and oxygen atoms in total. The molecule has 0 fully saturated rings. The highest BCUT2D eigenvalue weighted by molar-refractivity contribution is 5.90. The molecule has 4 rings (SSSR count). The number of urea groups is 1. The number of amides is 2. The van der Waals surface area contributed by atoms with Crippen LogP contribution in [0.4, 0.5) is 32.4 Å². The summed E-state index contributed by atoms with van der Waals surface area (Å²) in [5, 5.41) is 2.45. The van der Waals surface area contributed by atoms with Crippen LogP contribution in [0.1, 0.15) is 29.3 Å². The number of nitrogens with one attached hydrogen (secondary N) is 1. The van der Waals surface area contributed by atoms with E-state index in [0.717, 1.165) is 30.0 Å². The van der Waals surface area contributed by atoms with Gasteiger partial charge in [-0.1, -0.05) is 12.1 Å². The first-order valence-electron chi connectivity index (χ1n) is 9.59. The Bertz CT molecular complexity index is 1090. The van der Waals surface area contributed by atoms with Gasteiger partial charge in [0.15, 0.2) is 0 Å². The number of aromatic nitrogens is 1. The zero-order valence-electron chi connectivity index (χ0n) is 16.2. The van der Waals surface area contributed by atoms with Crippen molar-refractivity contribution in [1.29, 1.82) is 0 Å². The summed E-state index contributed by atoms with van der Waals surface area (Å²) in [5.41, 5.74) is 0.249. The van der Waals surface area contributed by atoms with Gasteiger partial charge in [-0.15, -0.1) is 0 Å². The van der Waals surface area contributed by atoms with Crippen LogP contribution in [0.2, 0.25) is 0 Å². The molecule has 0 aliphatic carbocycles. The number of fused-ring (bicyclic) bond motifs is 1. The Morgan fingerprint density at radius 2 is 1.74 bits per heavy atom. The Balaban J connectivity index is 1.70. The first-order chi connectivity index (χ1) is 14.7. The molecule has 0 saturated carbocycles. The van der Waals surface area contributed by atoms with Crippen molar-refractivity contribution in [1.82, 2.24) is 9.47 Å². The van der Waals surface area contributed by atoms with E-state index in [9.17, 15) is 26.7 Å². The summed E-state index contributed by atoms with van der Waals surface area (Å²) in [6.07, 6.45) is -2.04. The lowest BCUT2D eigenvalue weighted by atomic mass is 10.0. The van der Waals surface area contributed by atoms with Gasteiger partial charge in [0.1, 0.15) is 11.6 Å². The van der Waals surface area contributed by atoms with Gasteiger partial charge in [0.2, 0.25) is 0 Å². The van der Waals surface area contributed by atoms with Crippen molar-refractivity contribution in [2.45, 2.75) is 25.2 Å². The third-order valence-electron chi connectivity index (χ3n) is 5.24. The summed E-state index contributed by atoms with van der Waals surface area (Å²) in [7, 11) is 0. The van der Waals surface area contributed by atoms with Crippen LogP contribution in [-0.2, 0) is 12.7 Å². The minimum absolute atomic E-state index is 0.183. The topological polar surface area (TPSA) is 37.3 Å². The molecule has 9 heteroatoms. The Labute approximate surface area is 174 Å².